The van der Waals surface area contributed by atoms with Crippen LogP contribution in [0.4, 0.5) is 5.69 Å². The fourth-order valence-electron chi connectivity index (χ4n) is 2.96. The van der Waals surface area contributed by atoms with Crippen LogP contribution in [-0.2, 0) is 0 Å². The fraction of sp³-hybridized carbons (Fsp3) is 0.350. The van der Waals surface area contributed by atoms with Gasteiger partial charge in [0, 0.05) is 15.3 Å². The van der Waals surface area contributed by atoms with Gasteiger partial charge < -0.3 is 10.2 Å². The third-order valence-electron chi connectivity index (χ3n) is 4.62. The predicted molar refractivity (Wildman–Crippen MR) is 107 cm³/mol. The van der Waals surface area contributed by atoms with E-state index in [9.17, 15) is 4.79 Å². The number of thioether (sulfide) groups is 1. The molecule has 1 fully saturated rings. The zero-order valence-electron chi connectivity index (χ0n) is 14.6. The molecule has 3 rings (SSSR count). The SMILES string of the molecule is CN1CCC(C)(Sc2cccc(NC(=O)c3ccccc3Cl)c2)CC1. The highest BCUT2D eigenvalue weighted by Crippen LogP contribution is 2.40. The molecule has 0 aromatic heterocycles. The number of halogens is 1. The van der Waals surface area contributed by atoms with Gasteiger partial charge in [0.2, 0.25) is 0 Å². The van der Waals surface area contributed by atoms with Gasteiger partial charge in [0.15, 0.2) is 0 Å². The van der Waals surface area contributed by atoms with Crippen molar-refractivity contribution in [2.45, 2.75) is 29.4 Å². The molecule has 2 aromatic carbocycles. The lowest BCUT2D eigenvalue weighted by molar-refractivity contribution is 0.102. The molecule has 0 aliphatic carbocycles. The maximum Gasteiger partial charge on any atom is 0.257 e. The molecule has 1 aliphatic rings. The lowest BCUT2D eigenvalue weighted by atomic mass is 9.98. The highest BCUT2D eigenvalue weighted by Gasteiger charge is 2.29. The second-order valence-corrected chi connectivity index (χ2v) is 8.89. The van der Waals surface area contributed by atoms with E-state index in [-0.39, 0.29) is 10.7 Å². The van der Waals surface area contributed by atoms with E-state index in [2.05, 4.69) is 30.3 Å². The normalized spacial score (nSPS) is 17.2. The van der Waals surface area contributed by atoms with Gasteiger partial charge in [0.05, 0.1) is 10.6 Å². The van der Waals surface area contributed by atoms with Crippen LogP contribution in [0.15, 0.2) is 53.4 Å². The molecule has 0 bridgehead atoms. The Bertz CT molecular complexity index is 757. The third kappa shape index (κ3) is 4.78. The molecule has 1 amide bonds. The molecule has 0 atom stereocenters. The van der Waals surface area contributed by atoms with E-state index in [1.807, 2.05) is 42.1 Å². The average Bonchev–Trinajstić information content (AvgIpc) is 2.58. The number of hydrogen-bond acceptors (Lipinski definition) is 3. The summed E-state index contributed by atoms with van der Waals surface area (Å²) in [6.07, 6.45) is 2.34. The molecule has 0 spiro atoms. The van der Waals surface area contributed by atoms with Crippen LogP contribution >= 0.6 is 23.4 Å². The summed E-state index contributed by atoms with van der Waals surface area (Å²) in [5.74, 6) is -0.182. The molecule has 25 heavy (non-hydrogen) atoms. The zero-order chi connectivity index (χ0) is 17.9. The lowest BCUT2D eigenvalue weighted by Crippen LogP contribution is -2.38. The number of likely N-dealkylation sites (tertiary alicyclic amines) is 1. The molecule has 0 saturated carbocycles. The highest BCUT2D eigenvalue weighted by atomic mass is 35.5. The summed E-state index contributed by atoms with van der Waals surface area (Å²) in [6.45, 7) is 4.60. The van der Waals surface area contributed by atoms with Crippen LogP contribution in [0.3, 0.4) is 0 Å². The molecule has 1 N–H and O–H groups in total. The Kier molecular flexibility index (Phi) is 5.72. The van der Waals surface area contributed by atoms with E-state index in [1.54, 1.807) is 12.1 Å². The van der Waals surface area contributed by atoms with Gasteiger partial charge in [-0.3, -0.25) is 4.79 Å². The fourth-order valence-corrected chi connectivity index (χ4v) is 4.47. The number of carbonyl (C=O) groups excluding carboxylic acids is 1. The van der Waals surface area contributed by atoms with Crippen molar-refractivity contribution in [1.82, 2.24) is 4.90 Å². The molecule has 0 unspecified atom stereocenters. The first kappa shape index (κ1) is 18.3. The molecule has 0 radical (unpaired) electrons. The van der Waals surface area contributed by atoms with Crippen molar-refractivity contribution in [3.8, 4) is 0 Å². The summed E-state index contributed by atoms with van der Waals surface area (Å²) in [5, 5.41) is 3.41. The number of anilines is 1. The number of carbonyl (C=O) groups is 1. The number of rotatable bonds is 4. The van der Waals surface area contributed by atoms with Gasteiger partial charge in [-0.05, 0) is 70.2 Å². The molecule has 132 valence electrons. The Morgan fingerprint density at radius 3 is 2.60 bits per heavy atom. The van der Waals surface area contributed by atoms with E-state index in [0.717, 1.165) is 18.8 Å². The van der Waals surface area contributed by atoms with Crippen LogP contribution < -0.4 is 5.32 Å². The topological polar surface area (TPSA) is 32.3 Å². The number of hydrogen-bond donors (Lipinski definition) is 1. The summed E-state index contributed by atoms with van der Waals surface area (Å²) in [7, 11) is 2.18. The molecule has 5 heteroatoms. The Hall–Kier alpha value is -1.49. The highest BCUT2D eigenvalue weighted by molar-refractivity contribution is 8.00. The summed E-state index contributed by atoms with van der Waals surface area (Å²) in [6, 6.07) is 15.1. The number of benzene rings is 2. The maximum atomic E-state index is 12.4. The van der Waals surface area contributed by atoms with Crippen LogP contribution in [-0.4, -0.2) is 35.7 Å². The monoisotopic (exact) mass is 374 g/mol. The van der Waals surface area contributed by atoms with Gasteiger partial charge in [0.25, 0.3) is 5.91 Å². The van der Waals surface area contributed by atoms with E-state index in [1.165, 1.54) is 17.7 Å². The molecule has 1 saturated heterocycles. The maximum absolute atomic E-state index is 12.4. The van der Waals surface area contributed by atoms with Crippen LogP contribution in [0.2, 0.25) is 5.02 Å². The minimum atomic E-state index is -0.182. The van der Waals surface area contributed by atoms with E-state index >= 15 is 0 Å². The molecular weight excluding hydrogens is 352 g/mol. The van der Waals surface area contributed by atoms with Crippen molar-refractivity contribution in [1.29, 1.82) is 0 Å². The third-order valence-corrected chi connectivity index (χ3v) is 6.34. The first-order valence-electron chi connectivity index (χ1n) is 8.49. The summed E-state index contributed by atoms with van der Waals surface area (Å²) in [5.41, 5.74) is 1.29. The van der Waals surface area contributed by atoms with Gasteiger partial charge in [-0.25, -0.2) is 0 Å². The van der Waals surface area contributed by atoms with Gasteiger partial charge in [-0.2, -0.15) is 0 Å². The van der Waals surface area contributed by atoms with Crippen LogP contribution in [0.5, 0.6) is 0 Å². The van der Waals surface area contributed by atoms with Crippen molar-refractivity contribution in [3.63, 3.8) is 0 Å². The molecule has 2 aromatic rings. The van der Waals surface area contributed by atoms with Crippen molar-refractivity contribution in [2.24, 2.45) is 0 Å². The Morgan fingerprint density at radius 1 is 1.16 bits per heavy atom. The zero-order valence-corrected chi connectivity index (χ0v) is 16.2. The first-order valence-corrected chi connectivity index (χ1v) is 9.68. The van der Waals surface area contributed by atoms with Gasteiger partial charge in [-0.1, -0.05) is 29.8 Å². The second-order valence-electron chi connectivity index (χ2n) is 6.82. The minimum Gasteiger partial charge on any atom is -0.322 e. The first-order chi connectivity index (χ1) is 12.0. The minimum absolute atomic E-state index is 0.182. The Labute approximate surface area is 158 Å². The van der Waals surface area contributed by atoms with Gasteiger partial charge in [-0.15, -0.1) is 11.8 Å². The molecule has 1 heterocycles. The Morgan fingerprint density at radius 2 is 1.88 bits per heavy atom. The van der Waals surface area contributed by atoms with Crippen LogP contribution in [0, 0.1) is 0 Å². The van der Waals surface area contributed by atoms with Crippen LogP contribution in [0.1, 0.15) is 30.1 Å². The summed E-state index contributed by atoms with van der Waals surface area (Å²) < 4.78 is 0.248. The standard InChI is InChI=1S/C20H23ClN2OS/c1-20(10-12-23(2)13-11-20)25-16-7-5-6-15(14-16)22-19(24)17-8-3-4-9-18(17)21/h3-9,14H,10-13H2,1-2H3,(H,22,24). The largest absolute Gasteiger partial charge is 0.322 e. The van der Waals surface area contributed by atoms with Crippen molar-refractivity contribution < 1.29 is 4.79 Å². The molecule has 3 nitrogen and oxygen atoms in total. The quantitative estimate of drug-likeness (QED) is 0.801. The smallest absolute Gasteiger partial charge is 0.257 e. The molecular formula is C20H23ClN2OS. The van der Waals surface area contributed by atoms with Crippen LogP contribution in [0.25, 0.3) is 0 Å². The number of nitrogens with one attached hydrogen (secondary N) is 1. The average molecular weight is 375 g/mol. The molecule has 1 aliphatic heterocycles. The van der Waals surface area contributed by atoms with Gasteiger partial charge >= 0.3 is 0 Å². The Balaban J connectivity index is 1.69. The van der Waals surface area contributed by atoms with Crippen molar-refractivity contribution in [2.75, 3.05) is 25.5 Å². The van der Waals surface area contributed by atoms with E-state index in [4.69, 9.17) is 11.6 Å². The summed E-state index contributed by atoms with van der Waals surface area (Å²) in [4.78, 5) is 16.0. The second kappa shape index (κ2) is 7.81. The van der Waals surface area contributed by atoms with Crippen molar-refractivity contribution >= 4 is 35.0 Å². The van der Waals surface area contributed by atoms with Gasteiger partial charge in [0.1, 0.15) is 0 Å². The van der Waals surface area contributed by atoms with E-state index < -0.39 is 0 Å². The predicted octanol–water partition coefficient (Wildman–Crippen LogP) is 5.17. The lowest BCUT2D eigenvalue weighted by Gasteiger charge is -2.37. The number of piperidine rings is 1. The number of amides is 1. The number of nitrogens with zero attached hydrogens (tertiary/aromatic N) is 1. The van der Waals surface area contributed by atoms with Crippen molar-refractivity contribution in [3.05, 3.63) is 59.1 Å². The summed E-state index contributed by atoms with van der Waals surface area (Å²) >= 11 is 8.01. The van der Waals surface area contributed by atoms with E-state index in [0.29, 0.717) is 10.6 Å².